The lowest BCUT2D eigenvalue weighted by atomic mass is 9.97. The van der Waals surface area contributed by atoms with Crippen molar-refractivity contribution in [3.8, 4) is 5.75 Å². The van der Waals surface area contributed by atoms with Crippen LogP contribution in [0.15, 0.2) is 24.3 Å². The van der Waals surface area contributed by atoms with E-state index in [0.717, 1.165) is 51.0 Å². The van der Waals surface area contributed by atoms with Gasteiger partial charge in [-0.2, -0.15) is 0 Å². The highest BCUT2D eigenvalue weighted by atomic mass is 16.5. The second kappa shape index (κ2) is 10.2. The van der Waals surface area contributed by atoms with Crippen LogP contribution in [0.4, 0.5) is 5.69 Å². The lowest BCUT2D eigenvalue weighted by Gasteiger charge is -2.31. The first-order valence-electron chi connectivity index (χ1n) is 10.3. The summed E-state index contributed by atoms with van der Waals surface area (Å²) in [6, 6.07) is 7.24. The van der Waals surface area contributed by atoms with Crippen molar-refractivity contribution in [1.82, 2.24) is 10.2 Å². The summed E-state index contributed by atoms with van der Waals surface area (Å²) < 4.78 is 5.52. The molecular weight excluding hydrogens is 372 g/mol. The molecule has 0 saturated carbocycles. The van der Waals surface area contributed by atoms with Gasteiger partial charge in [0.2, 0.25) is 11.8 Å². The third-order valence-corrected chi connectivity index (χ3v) is 5.47. The minimum atomic E-state index is -0.222. The van der Waals surface area contributed by atoms with Gasteiger partial charge >= 0.3 is 0 Å². The number of hydrogen-bond donors (Lipinski definition) is 2. The van der Waals surface area contributed by atoms with Crippen LogP contribution in [0.5, 0.6) is 5.75 Å². The largest absolute Gasteiger partial charge is 0.484 e. The second-order valence-electron chi connectivity index (χ2n) is 7.68. The molecule has 2 saturated heterocycles. The van der Waals surface area contributed by atoms with Crippen LogP contribution in [0.25, 0.3) is 0 Å². The average molecular weight is 402 g/mol. The number of likely N-dealkylation sites (tertiary alicyclic amines) is 1. The molecule has 8 nitrogen and oxygen atoms in total. The van der Waals surface area contributed by atoms with Crippen LogP contribution in [-0.4, -0.2) is 62.0 Å². The van der Waals surface area contributed by atoms with Gasteiger partial charge in [0.15, 0.2) is 6.61 Å². The van der Waals surface area contributed by atoms with E-state index in [1.807, 2.05) is 12.1 Å². The minimum Gasteiger partial charge on any atom is -0.484 e. The molecular formula is C21H30N4O4. The van der Waals surface area contributed by atoms with Gasteiger partial charge in [-0.15, -0.1) is 0 Å². The molecule has 0 radical (unpaired) electrons. The molecule has 2 fully saturated rings. The standard InChI is InChI=1S/C21H30N4O4/c22-21(28)16-4-1-11-24(14-16)12-3-10-23-19(26)15-29-18-8-6-17(7-9-18)25-13-2-5-20(25)27/h6-9,16H,1-5,10-15H2,(H2,22,28)(H,23,26). The molecule has 3 N–H and O–H groups in total. The van der Waals surface area contributed by atoms with Crippen LogP contribution in [0.3, 0.4) is 0 Å². The monoisotopic (exact) mass is 402 g/mol. The summed E-state index contributed by atoms with van der Waals surface area (Å²) in [4.78, 5) is 39.0. The number of carbonyl (C=O) groups excluding carboxylic acids is 3. The van der Waals surface area contributed by atoms with E-state index < -0.39 is 0 Å². The normalized spacial score (nSPS) is 19.9. The molecule has 1 aromatic carbocycles. The number of amides is 3. The van der Waals surface area contributed by atoms with E-state index in [4.69, 9.17) is 10.5 Å². The van der Waals surface area contributed by atoms with Crippen molar-refractivity contribution in [3.63, 3.8) is 0 Å². The van der Waals surface area contributed by atoms with E-state index >= 15 is 0 Å². The lowest BCUT2D eigenvalue weighted by molar-refractivity contribution is -0.123. The SMILES string of the molecule is NC(=O)C1CCCN(CCCNC(=O)COc2ccc(N3CCCC3=O)cc2)C1. The van der Waals surface area contributed by atoms with E-state index in [9.17, 15) is 14.4 Å². The maximum Gasteiger partial charge on any atom is 0.257 e. The third kappa shape index (κ3) is 6.19. The second-order valence-corrected chi connectivity index (χ2v) is 7.68. The van der Waals surface area contributed by atoms with Gasteiger partial charge in [-0.25, -0.2) is 0 Å². The van der Waals surface area contributed by atoms with Crippen LogP contribution in [-0.2, 0) is 14.4 Å². The average Bonchev–Trinajstić information content (AvgIpc) is 3.16. The summed E-state index contributed by atoms with van der Waals surface area (Å²) in [6.45, 7) is 3.79. The van der Waals surface area contributed by atoms with Gasteiger partial charge in [0.05, 0.1) is 5.92 Å². The Morgan fingerprint density at radius 3 is 2.66 bits per heavy atom. The number of hydrogen-bond acceptors (Lipinski definition) is 5. The summed E-state index contributed by atoms with van der Waals surface area (Å²) in [5.74, 6) is 0.300. The van der Waals surface area contributed by atoms with Crippen LogP contribution in [0.2, 0.25) is 0 Å². The Balaban J connectivity index is 1.31. The molecule has 3 rings (SSSR count). The van der Waals surface area contributed by atoms with E-state index in [1.165, 1.54) is 0 Å². The van der Waals surface area contributed by atoms with Gasteiger partial charge in [-0.05, 0) is 63.0 Å². The van der Waals surface area contributed by atoms with Crippen LogP contribution in [0.1, 0.15) is 32.1 Å². The zero-order valence-corrected chi connectivity index (χ0v) is 16.8. The van der Waals surface area contributed by atoms with Crippen LogP contribution >= 0.6 is 0 Å². The van der Waals surface area contributed by atoms with Gasteiger partial charge in [-0.3, -0.25) is 14.4 Å². The highest BCUT2D eigenvalue weighted by Gasteiger charge is 2.23. The fraction of sp³-hybridized carbons (Fsp3) is 0.571. The smallest absolute Gasteiger partial charge is 0.257 e. The summed E-state index contributed by atoms with van der Waals surface area (Å²) in [6.07, 6.45) is 4.16. The van der Waals surface area contributed by atoms with Gasteiger partial charge in [-0.1, -0.05) is 0 Å². The van der Waals surface area contributed by atoms with Gasteiger partial charge in [0.25, 0.3) is 5.91 Å². The van der Waals surface area contributed by atoms with Crippen molar-refractivity contribution in [2.24, 2.45) is 11.7 Å². The van der Waals surface area contributed by atoms with Crippen molar-refractivity contribution in [2.45, 2.75) is 32.1 Å². The molecule has 0 aliphatic carbocycles. The predicted molar refractivity (Wildman–Crippen MR) is 110 cm³/mol. The molecule has 29 heavy (non-hydrogen) atoms. The Morgan fingerprint density at radius 1 is 1.17 bits per heavy atom. The number of benzene rings is 1. The van der Waals surface area contributed by atoms with Gasteiger partial charge in [0, 0.05) is 31.7 Å². The fourth-order valence-electron chi connectivity index (χ4n) is 3.86. The van der Waals surface area contributed by atoms with Gasteiger partial charge < -0.3 is 25.6 Å². The molecule has 0 aromatic heterocycles. The summed E-state index contributed by atoms with van der Waals surface area (Å²) in [5.41, 5.74) is 6.26. The van der Waals surface area contributed by atoms with E-state index in [-0.39, 0.29) is 30.2 Å². The van der Waals surface area contributed by atoms with E-state index in [0.29, 0.717) is 25.3 Å². The maximum atomic E-state index is 12.0. The summed E-state index contributed by atoms with van der Waals surface area (Å²) in [7, 11) is 0. The number of anilines is 1. The van der Waals surface area contributed by atoms with Crippen molar-refractivity contribution >= 4 is 23.4 Å². The molecule has 3 amide bonds. The topological polar surface area (TPSA) is 105 Å². The molecule has 1 atom stereocenters. The van der Waals surface area contributed by atoms with Crippen molar-refractivity contribution in [1.29, 1.82) is 0 Å². The maximum absolute atomic E-state index is 12.0. The van der Waals surface area contributed by atoms with E-state index in [1.54, 1.807) is 17.0 Å². The van der Waals surface area contributed by atoms with Crippen molar-refractivity contribution in [2.75, 3.05) is 44.2 Å². The number of primary amides is 1. The molecule has 8 heteroatoms. The molecule has 158 valence electrons. The summed E-state index contributed by atoms with van der Waals surface area (Å²) >= 11 is 0. The Morgan fingerprint density at radius 2 is 1.97 bits per heavy atom. The van der Waals surface area contributed by atoms with Crippen LogP contribution in [0, 0.1) is 5.92 Å². The Labute approximate surface area is 171 Å². The van der Waals surface area contributed by atoms with Gasteiger partial charge in [0.1, 0.15) is 5.75 Å². The number of ether oxygens (including phenoxy) is 1. The Bertz CT molecular complexity index is 722. The molecule has 2 heterocycles. The molecule has 0 spiro atoms. The van der Waals surface area contributed by atoms with Crippen molar-refractivity contribution < 1.29 is 19.1 Å². The quantitative estimate of drug-likeness (QED) is 0.597. The first kappa shape index (κ1) is 21.1. The number of piperidine rings is 1. The number of carbonyl (C=O) groups is 3. The predicted octanol–water partition coefficient (Wildman–Crippen LogP) is 0.896. The Kier molecular flexibility index (Phi) is 7.46. The summed E-state index contributed by atoms with van der Waals surface area (Å²) in [5, 5.41) is 2.85. The van der Waals surface area contributed by atoms with Crippen molar-refractivity contribution in [3.05, 3.63) is 24.3 Å². The number of nitrogens with one attached hydrogen (secondary N) is 1. The zero-order valence-electron chi connectivity index (χ0n) is 16.8. The highest BCUT2D eigenvalue weighted by molar-refractivity contribution is 5.95. The first-order chi connectivity index (χ1) is 14.0. The first-order valence-corrected chi connectivity index (χ1v) is 10.3. The van der Waals surface area contributed by atoms with Crippen LogP contribution < -0.4 is 20.7 Å². The lowest BCUT2D eigenvalue weighted by Crippen LogP contribution is -2.42. The number of rotatable bonds is 9. The third-order valence-electron chi connectivity index (χ3n) is 5.47. The number of nitrogens with two attached hydrogens (primary N) is 1. The number of nitrogens with zero attached hydrogens (tertiary/aromatic N) is 2. The van der Waals surface area contributed by atoms with E-state index in [2.05, 4.69) is 10.2 Å². The minimum absolute atomic E-state index is 0.0462. The molecule has 1 aromatic rings. The molecule has 0 bridgehead atoms. The Hall–Kier alpha value is -2.61. The molecule has 2 aliphatic heterocycles. The fourth-order valence-corrected chi connectivity index (χ4v) is 3.86. The molecule has 1 unspecified atom stereocenters. The molecule has 2 aliphatic rings. The highest BCUT2D eigenvalue weighted by Crippen LogP contribution is 2.23. The zero-order chi connectivity index (χ0) is 20.6.